The summed E-state index contributed by atoms with van der Waals surface area (Å²) in [5.74, 6) is -1.21. The van der Waals surface area contributed by atoms with Crippen LogP contribution in [0.1, 0.15) is 20.8 Å². The van der Waals surface area contributed by atoms with E-state index in [4.69, 9.17) is 0 Å². The molecule has 15 heavy (non-hydrogen) atoms. The van der Waals surface area contributed by atoms with Gasteiger partial charge in [-0.3, -0.25) is 19.4 Å². The normalized spacial score (nSPS) is 14.9. The van der Waals surface area contributed by atoms with Crippen molar-refractivity contribution in [3.63, 3.8) is 0 Å². The van der Waals surface area contributed by atoms with E-state index in [9.17, 15) is 19.2 Å². The fraction of sp³-hybridized carbons (Fsp3) is 0. The van der Waals surface area contributed by atoms with Crippen LogP contribution in [0.3, 0.4) is 0 Å². The van der Waals surface area contributed by atoms with Crippen molar-refractivity contribution in [3.05, 3.63) is 42.7 Å². The van der Waals surface area contributed by atoms with Gasteiger partial charge in [-0.2, -0.15) is 0 Å². The Morgan fingerprint density at radius 2 is 1.73 bits per heavy atom. The van der Waals surface area contributed by atoms with Gasteiger partial charge in [0.15, 0.2) is 0 Å². The molecule has 1 aromatic heterocycles. The number of rotatable bonds is 0. The van der Waals surface area contributed by atoms with Gasteiger partial charge in [-0.25, -0.2) is 4.79 Å². The zero-order chi connectivity index (χ0) is 11.2. The van der Waals surface area contributed by atoms with E-state index in [1.807, 2.05) is 4.98 Å². The lowest BCUT2D eigenvalue weighted by molar-refractivity contribution is 0.0986. The van der Waals surface area contributed by atoms with Crippen molar-refractivity contribution in [3.8, 4) is 0 Å². The number of carbonyl (C=O) groups is 2. The first kappa shape index (κ1) is 9.78. The number of hydrogen-bond donors (Lipinski definition) is 2. The number of allylic oxidation sites excluding steroid dienone is 2. The lowest BCUT2D eigenvalue weighted by Crippen LogP contribution is -2.34. The van der Waals surface area contributed by atoms with Gasteiger partial charge in [-0.15, -0.1) is 0 Å². The van der Waals surface area contributed by atoms with E-state index < -0.39 is 22.8 Å². The number of halogens is 1. The third kappa shape index (κ3) is 1.40. The Kier molecular flexibility index (Phi) is 2.04. The zero-order valence-corrected chi connectivity index (χ0v) is 8.67. The Morgan fingerprint density at radius 3 is 2.40 bits per heavy atom. The molecular formula is C8H3BrN2O4. The topological polar surface area (TPSA) is 99.9 Å². The van der Waals surface area contributed by atoms with E-state index in [1.165, 1.54) is 0 Å². The molecule has 1 aliphatic rings. The molecule has 0 fully saturated rings. The molecule has 2 N–H and O–H groups in total. The molecule has 0 spiro atoms. The van der Waals surface area contributed by atoms with E-state index >= 15 is 0 Å². The zero-order valence-electron chi connectivity index (χ0n) is 7.09. The van der Waals surface area contributed by atoms with E-state index in [2.05, 4.69) is 20.9 Å². The van der Waals surface area contributed by atoms with E-state index in [0.29, 0.717) is 0 Å². The Bertz CT molecular complexity index is 622. The fourth-order valence-electron chi connectivity index (χ4n) is 1.26. The molecule has 1 aromatic rings. The van der Waals surface area contributed by atoms with Crippen LogP contribution in [0.15, 0.2) is 20.1 Å². The van der Waals surface area contributed by atoms with Crippen LogP contribution in [0.4, 0.5) is 0 Å². The highest BCUT2D eigenvalue weighted by Crippen LogP contribution is 2.19. The average Bonchev–Trinajstić information content (AvgIpc) is 2.13. The van der Waals surface area contributed by atoms with Crippen molar-refractivity contribution in [2.24, 2.45) is 0 Å². The second-order valence-corrected chi connectivity index (χ2v) is 3.70. The molecule has 2 rings (SSSR count). The number of aromatic nitrogens is 2. The highest BCUT2D eigenvalue weighted by molar-refractivity contribution is 9.12. The lowest BCUT2D eigenvalue weighted by Gasteiger charge is -2.08. The summed E-state index contributed by atoms with van der Waals surface area (Å²) in [6.45, 7) is 0. The Labute approximate surface area is 90.1 Å². The largest absolute Gasteiger partial charge is 0.326 e. The van der Waals surface area contributed by atoms with Gasteiger partial charge >= 0.3 is 5.69 Å². The first-order valence-corrected chi connectivity index (χ1v) is 4.63. The van der Waals surface area contributed by atoms with Crippen LogP contribution >= 0.6 is 15.9 Å². The van der Waals surface area contributed by atoms with Gasteiger partial charge in [0.25, 0.3) is 5.56 Å². The molecule has 0 radical (unpaired) electrons. The van der Waals surface area contributed by atoms with Gasteiger partial charge in [-0.1, -0.05) is 0 Å². The number of H-pyrrole nitrogens is 2. The fourth-order valence-corrected chi connectivity index (χ4v) is 1.67. The first-order valence-electron chi connectivity index (χ1n) is 3.83. The van der Waals surface area contributed by atoms with Gasteiger partial charge < -0.3 is 4.98 Å². The summed E-state index contributed by atoms with van der Waals surface area (Å²) in [4.78, 5) is 49.0. The maximum absolute atomic E-state index is 11.5. The number of ketones is 2. The minimum atomic E-state index is -0.864. The minimum Gasteiger partial charge on any atom is -0.303 e. The molecular weight excluding hydrogens is 268 g/mol. The van der Waals surface area contributed by atoms with Crippen LogP contribution in [-0.4, -0.2) is 21.5 Å². The smallest absolute Gasteiger partial charge is 0.303 e. The lowest BCUT2D eigenvalue weighted by atomic mass is 10.0. The molecule has 0 amide bonds. The van der Waals surface area contributed by atoms with Crippen LogP contribution in [0.25, 0.3) is 0 Å². The third-order valence-electron chi connectivity index (χ3n) is 1.89. The molecule has 0 unspecified atom stereocenters. The molecule has 6 nitrogen and oxygen atoms in total. The maximum atomic E-state index is 11.5. The van der Waals surface area contributed by atoms with Crippen LogP contribution < -0.4 is 11.2 Å². The number of hydrogen-bond acceptors (Lipinski definition) is 4. The summed E-state index contributed by atoms with van der Waals surface area (Å²) in [7, 11) is 0. The average molecular weight is 271 g/mol. The number of Topliss-reactive ketones (excluding diaryl/α,β-unsaturated/α-hetero) is 1. The van der Waals surface area contributed by atoms with Crippen molar-refractivity contribution >= 4 is 27.5 Å². The van der Waals surface area contributed by atoms with Crippen LogP contribution in [-0.2, 0) is 0 Å². The predicted octanol–water partition coefficient (Wildman–Crippen LogP) is -0.279. The van der Waals surface area contributed by atoms with Crippen LogP contribution in [0.5, 0.6) is 0 Å². The number of nitrogens with one attached hydrogen (secondary N) is 2. The van der Waals surface area contributed by atoms with Gasteiger partial charge in [-0.05, 0) is 15.9 Å². The van der Waals surface area contributed by atoms with E-state index in [-0.39, 0.29) is 15.7 Å². The quantitative estimate of drug-likeness (QED) is 0.677. The van der Waals surface area contributed by atoms with E-state index in [1.54, 1.807) is 0 Å². The molecule has 1 heterocycles. The van der Waals surface area contributed by atoms with Gasteiger partial charge in [0.1, 0.15) is 11.3 Å². The second-order valence-electron chi connectivity index (χ2n) is 2.84. The summed E-state index contributed by atoms with van der Waals surface area (Å²) in [6, 6.07) is 0. The summed E-state index contributed by atoms with van der Waals surface area (Å²) in [5, 5.41) is 0. The number of aromatic amines is 2. The molecule has 0 aromatic carbocycles. The van der Waals surface area contributed by atoms with Gasteiger partial charge in [0.2, 0.25) is 11.6 Å². The summed E-state index contributed by atoms with van der Waals surface area (Å²) >= 11 is 2.86. The van der Waals surface area contributed by atoms with Crippen LogP contribution in [0.2, 0.25) is 0 Å². The highest BCUT2D eigenvalue weighted by Gasteiger charge is 2.28. The van der Waals surface area contributed by atoms with Crippen molar-refractivity contribution in [1.82, 2.24) is 9.97 Å². The molecule has 0 saturated heterocycles. The molecule has 0 bridgehead atoms. The second kappa shape index (κ2) is 3.13. The number of carbonyl (C=O) groups excluding carboxylic acids is 2. The van der Waals surface area contributed by atoms with Crippen molar-refractivity contribution in [2.75, 3.05) is 0 Å². The minimum absolute atomic E-state index is 0.00227. The number of fused-ring (bicyclic) bond motifs is 1. The van der Waals surface area contributed by atoms with E-state index in [0.717, 1.165) is 6.08 Å². The molecule has 7 heteroatoms. The van der Waals surface area contributed by atoms with Crippen LogP contribution in [0, 0.1) is 0 Å². The SMILES string of the molecule is O=C1C=C(Br)C(=O)c2c1[nH]c(=O)[nH]c2=O. The predicted molar refractivity (Wildman–Crippen MR) is 53.4 cm³/mol. The molecule has 0 aliphatic heterocycles. The van der Waals surface area contributed by atoms with Crippen molar-refractivity contribution < 1.29 is 9.59 Å². The summed E-state index contributed by atoms with van der Waals surface area (Å²) in [5.41, 5.74) is -2.28. The van der Waals surface area contributed by atoms with Gasteiger partial charge in [0.05, 0.1) is 4.48 Å². The van der Waals surface area contributed by atoms with Crippen molar-refractivity contribution in [2.45, 2.75) is 0 Å². The Balaban J connectivity index is 2.90. The molecule has 0 saturated carbocycles. The molecule has 0 atom stereocenters. The maximum Gasteiger partial charge on any atom is 0.326 e. The Morgan fingerprint density at radius 1 is 1.07 bits per heavy atom. The first-order chi connectivity index (χ1) is 7.00. The molecule has 76 valence electrons. The molecule has 1 aliphatic carbocycles. The standard InChI is InChI=1S/C8H3BrN2O4/c9-2-1-3(12)5-4(6(2)13)7(14)11-8(15)10-5/h1H,(H2,10,11,14,15). The highest BCUT2D eigenvalue weighted by atomic mass is 79.9. The van der Waals surface area contributed by atoms with Gasteiger partial charge in [0, 0.05) is 6.08 Å². The van der Waals surface area contributed by atoms with Crippen molar-refractivity contribution in [1.29, 1.82) is 0 Å². The summed E-state index contributed by atoms with van der Waals surface area (Å²) in [6.07, 6.45) is 1.01. The Hall–Kier alpha value is -1.76. The monoisotopic (exact) mass is 270 g/mol. The summed E-state index contributed by atoms with van der Waals surface area (Å²) < 4.78 is -0.00227. The third-order valence-corrected chi connectivity index (χ3v) is 2.48.